The smallest absolute Gasteiger partial charge is 0.303 e. The van der Waals surface area contributed by atoms with Gasteiger partial charge in [0.05, 0.1) is 6.42 Å². The number of carboxylic acids is 1. The van der Waals surface area contributed by atoms with E-state index in [1.807, 2.05) is 0 Å². The first-order chi connectivity index (χ1) is 9.15. The lowest BCUT2D eigenvalue weighted by molar-refractivity contribution is -0.137. The summed E-state index contributed by atoms with van der Waals surface area (Å²) in [4.78, 5) is 11.0. The fraction of sp³-hybridized carbons (Fsp3) is 0.500. The number of phenols is 1. The van der Waals surface area contributed by atoms with Crippen molar-refractivity contribution < 1.29 is 24.5 Å². The molecule has 1 aliphatic carbocycles. The van der Waals surface area contributed by atoms with Gasteiger partial charge in [-0.1, -0.05) is 0 Å². The van der Waals surface area contributed by atoms with Crippen LogP contribution in [0.15, 0.2) is 12.1 Å². The van der Waals surface area contributed by atoms with Gasteiger partial charge in [0.25, 0.3) is 0 Å². The molecule has 1 heterocycles. The molecule has 1 aliphatic heterocycles. The van der Waals surface area contributed by atoms with Crippen molar-refractivity contribution in [3.63, 3.8) is 0 Å². The minimum atomic E-state index is -0.841. The van der Waals surface area contributed by atoms with Crippen molar-refractivity contribution in [2.45, 2.75) is 25.2 Å². The average molecular weight is 264 g/mol. The van der Waals surface area contributed by atoms with Gasteiger partial charge in [-0.15, -0.1) is 0 Å². The summed E-state index contributed by atoms with van der Waals surface area (Å²) in [5.74, 6) is 0.582. The minimum Gasteiger partial charge on any atom is -0.508 e. The number of rotatable bonds is 4. The molecular formula is C14H16O5. The van der Waals surface area contributed by atoms with E-state index in [1.165, 1.54) is 6.07 Å². The molecule has 5 heteroatoms. The third-order valence-corrected chi connectivity index (χ3v) is 3.68. The molecule has 2 N–H and O–H groups in total. The van der Waals surface area contributed by atoms with E-state index in [0.717, 1.165) is 12.8 Å². The van der Waals surface area contributed by atoms with Gasteiger partial charge in [0, 0.05) is 17.5 Å². The highest BCUT2D eigenvalue weighted by atomic mass is 16.6. The van der Waals surface area contributed by atoms with E-state index in [0.29, 0.717) is 36.2 Å². The van der Waals surface area contributed by atoms with Crippen molar-refractivity contribution >= 4 is 5.97 Å². The lowest BCUT2D eigenvalue weighted by atomic mass is 9.90. The van der Waals surface area contributed by atoms with Gasteiger partial charge in [0.15, 0.2) is 11.5 Å². The predicted molar refractivity (Wildman–Crippen MR) is 66.8 cm³/mol. The molecule has 1 aromatic carbocycles. The maximum atomic E-state index is 11.0. The second kappa shape index (κ2) is 4.64. The van der Waals surface area contributed by atoms with Gasteiger partial charge in [-0.2, -0.15) is 0 Å². The normalized spacial score (nSPS) is 18.9. The van der Waals surface area contributed by atoms with Gasteiger partial charge < -0.3 is 19.7 Å². The Bertz CT molecular complexity index is 507. The SMILES string of the molecule is O=C(O)CC(c1cc2c(cc1O)OCCO2)C1CC1. The predicted octanol–water partition coefficient (Wildman–Crippen LogP) is 2.13. The zero-order valence-electron chi connectivity index (χ0n) is 10.5. The topological polar surface area (TPSA) is 76.0 Å². The first-order valence-corrected chi connectivity index (χ1v) is 6.49. The Morgan fingerprint density at radius 2 is 1.89 bits per heavy atom. The van der Waals surface area contributed by atoms with E-state index in [2.05, 4.69) is 0 Å². The fourth-order valence-corrected chi connectivity index (χ4v) is 2.61. The second-order valence-electron chi connectivity index (χ2n) is 5.10. The first kappa shape index (κ1) is 12.1. The van der Waals surface area contributed by atoms with Crippen molar-refractivity contribution in [2.75, 3.05) is 13.2 Å². The average Bonchev–Trinajstić information content (AvgIpc) is 3.19. The Hall–Kier alpha value is -1.91. The zero-order chi connectivity index (χ0) is 13.4. The summed E-state index contributed by atoms with van der Waals surface area (Å²) >= 11 is 0. The van der Waals surface area contributed by atoms with Crippen LogP contribution in [0.1, 0.15) is 30.7 Å². The maximum absolute atomic E-state index is 11.0. The van der Waals surface area contributed by atoms with E-state index < -0.39 is 5.97 Å². The van der Waals surface area contributed by atoms with E-state index >= 15 is 0 Å². The molecule has 19 heavy (non-hydrogen) atoms. The molecule has 102 valence electrons. The Kier molecular flexibility index (Phi) is 2.97. The molecule has 1 unspecified atom stereocenters. The number of hydrogen-bond acceptors (Lipinski definition) is 4. The van der Waals surface area contributed by atoms with Crippen LogP contribution in [0.25, 0.3) is 0 Å². The molecule has 1 saturated carbocycles. The number of hydrogen-bond donors (Lipinski definition) is 2. The summed E-state index contributed by atoms with van der Waals surface area (Å²) in [6.45, 7) is 0.942. The Balaban J connectivity index is 1.95. The summed E-state index contributed by atoms with van der Waals surface area (Å²) in [5, 5.41) is 19.1. The lowest BCUT2D eigenvalue weighted by Crippen LogP contribution is -2.16. The maximum Gasteiger partial charge on any atom is 0.303 e. The molecule has 5 nitrogen and oxygen atoms in total. The number of carboxylic acid groups (broad SMARTS) is 1. The van der Waals surface area contributed by atoms with Crippen LogP contribution in [0.2, 0.25) is 0 Å². The molecule has 0 bridgehead atoms. The Morgan fingerprint density at radius 1 is 1.26 bits per heavy atom. The zero-order valence-corrected chi connectivity index (χ0v) is 10.5. The molecule has 3 rings (SSSR count). The molecule has 0 spiro atoms. The van der Waals surface area contributed by atoms with Crippen molar-refractivity contribution in [1.29, 1.82) is 0 Å². The van der Waals surface area contributed by atoms with Crippen LogP contribution in [-0.4, -0.2) is 29.4 Å². The summed E-state index contributed by atoms with van der Waals surface area (Å²) < 4.78 is 10.9. The van der Waals surface area contributed by atoms with Crippen LogP contribution in [0, 0.1) is 5.92 Å². The van der Waals surface area contributed by atoms with E-state index in [1.54, 1.807) is 6.07 Å². The number of ether oxygens (including phenoxy) is 2. The number of fused-ring (bicyclic) bond motifs is 1. The fourth-order valence-electron chi connectivity index (χ4n) is 2.61. The van der Waals surface area contributed by atoms with Crippen LogP contribution in [-0.2, 0) is 4.79 Å². The number of benzene rings is 1. The molecule has 2 aliphatic rings. The van der Waals surface area contributed by atoms with Gasteiger partial charge in [-0.05, 0) is 24.8 Å². The highest BCUT2D eigenvalue weighted by Gasteiger charge is 2.36. The molecule has 1 aromatic rings. The van der Waals surface area contributed by atoms with Crippen molar-refractivity contribution in [2.24, 2.45) is 5.92 Å². The number of aromatic hydroxyl groups is 1. The molecule has 0 aromatic heterocycles. The van der Waals surface area contributed by atoms with Gasteiger partial charge in [-0.3, -0.25) is 4.79 Å². The van der Waals surface area contributed by atoms with Gasteiger partial charge in [-0.25, -0.2) is 0 Å². The molecule has 1 atom stereocenters. The van der Waals surface area contributed by atoms with E-state index in [4.69, 9.17) is 14.6 Å². The quantitative estimate of drug-likeness (QED) is 0.871. The van der Waals surface area contributed by atoms with E-state index in [-0.39, 0.29) is 18.1 Å². The molecule has 0 amide bonds. The summed E-state index contributed by atoms with van der Waals surface area (Å²) in [5.41, 5.74) is 0.661. The van der Waals surface area contributed by atoms with Gasteiger partial charge >= 0.3 is 5.97 Å². The van der Waals surface area contributed by atoms with Crippen LogP contribution in [0.3, 0.4) is 0 Å². The van der Waals surface area contributed by atoms with Crippen molar-refractivity contribution in [3.05, 3.63) is 17.7 Å². The van der Waals surface area contributed by atoms with Gasteiger partial charge in [0.2, 0.25) is 0 Å². The summed E-state index contributed by atoms with van der Waals surface area (Å²) in [6.07, 6.45) is 2.08. The largest absolute Gasteiger partial charge is 0.508 e. The standard InChI is InChI=1S/C14H16O5/c15-11-7-13-12(18-3-4-19-13)5-10(11)9(6-14(16)17)8-1-2-8/h5,7-9,15H,1-4,6H2,(H,16,17). The van der Waals surface area contributed by atoms with Crippen molar-refractivity contribution in [3.8, 4) is 17.2 Å². The highest BCUT2D eigenvalue weighted by Crippen LogP contribution is 2.49. The number of aliphatic carboxylic acids is 1. The minimum absolute atomic E-state index is 0.0396. The third kappa shape index (κ3) is 2.45. The molecule has 0 radical (unpaired) electrons. The van der Waals surface area contributed by atoms with Crippen LogP contribution in [0.5, 0.6) is 17.2 Å². The summed E-state index contributed by atoms with van der Waals surface area (Å²) in [7, 11) is 0. The van der Waals surface area contributed by atoms with Gasteiger partial charge in [0.1, 0.15) is 19.0 Å². The first-order valence-electron chi connectivity index (χ1n) is 6.49. The van der Waals surface area contributed by atoms with E-state index in [9.17, 15) is 9.90 Å². The van der Waals surface area contributed by atoms with Crippen molar-refractivity contribution in [1.82, 2.24) is 0 Å². The molecule has 0 saturated heterocycles. The number of phenolic OH excluding ortho intramolecular Hbond substituents is 1. The Morgan fingerprint density at radius 3 is 2.47 bits per heavy atom. The van der Waals surface area contributed by atoms with Crippen LogP contribution < -0.4 is 9.47 Å². The number of carbonyl (C=O) groups is 1. The third-order valence-electron chi connectivity index (χ3n) is 3.68. The monoisotopic (exact) mass is 264 g/mol. The molecular weight excluding hydrogens is 248 g/mol. The summed E-state index contributed by atoms with van der Waals surface area (Å²) in [6, 6.07) is 3.26. The highest BCUT2D eigenvalue weighted by molar-refractivity contribution is 5.69. The Labute approximate surface area is 110 Å². The van der Waals surface area contributed by atoms with Crippen LogP contribution >= 0.6 is 0 Å². The molecule has 1 fully saturated rings. The second-order valence-corrected chi connectivity index (χ2v) is 5.10. The van der Waals surface area contributed by atoms with Crippen LogP contribution in [0.4, 0.5) is 0 Å². The lowest BCUT2D eigenvalue weighted by Gasteiger charge is -2.22.